The molecule has 3 heteroatoms. The van der Waals surface area contributed by atoms with E-state index in [4.69, 9.17) is 9.47 Å². The second kappa shape index (κ2) is 6.03. The number of methoxy groups -OCH3 is 1. The summed E-state index contributed by atoms with van der Waals surface area (Å²) in [4.78, 5) is 0. The Morgan fingerprint density at radius 1 is 1.41 bits per heavy atom. The molecule has 0 amide bonds. The van der Waals surface area contributed by atoms with E-state index in [0.717, 1.165) is 24.5 Å². The molecule has 0 radical (unpaired) electrons. The van der Waals surface area contributed by atoms with Crippen molar-refractivity contribution in [3.05, 3.63) is 29.3 Å². The third kappa shape index (κ3) is 3.45. The van der Waals surface area contributed by atoms with Crippen molar-refractivity contribution in [1.82, 2.24) is 5.32 Å². The van der Waals surface area contributed by atoms with Crippen LogP contribution in [0, 0.1) is 6.92 Å². The lowest BCUT2D eigenvalue weighted by molar-refractivity contribution is 0.102. The Kier molecular flexibility index (Phi) is 4.40. The first-order valence-corrected chi connectivity index (χ1v) is 6.24. The molecule has 1 unspecified atom stereocenters. The van der Waals surface area contributed by atoms with E-state index in [9.17, 15) is 0 Å². The van der Waals surface area contributed by atoms with E-state index in [0.29, 0.717) is 12.6 Å². The zero-order chi connectivity index (χ0) is 12.1. The van der Waals surface area contributed by atoms with Gasteiger partial charge in [0.15, 0.2) is 0 Å². The van der Waals surface area contributed by atoms with E-state index >= 15 is 0 Å². The molecule has 1 aliphatic heterocycles. The second-order valence-corrected chi connectivity index (χ2v) is 4.62. The van der Waals surface area contributed by atoms with Crippen molar-refractivity contribution in [1.29, 1.82) is 0 Å². The van der Waals surface area contributed by atoms with Crippen LogP contribution >= 0.6 is 0 Å². The van der Waals surface area contributed by atoms with Gasteiger partial charge in [-0.1, -0.05) is 17.7 Å². The van der Waals surface area contributed by atoms with Gasteiger partial charge < -0.3 is 14.8 Å². The van der Waals surface area contributed by atoms with E-state index < -0.39 is 0 Å². The van der Waals surface area contributed by atoms with Crippen LogP contribution in [0.2, 0.25) is 0 Å². The Balaban J connectivity index is 1.86. The number of hydrogen-bond acceptors (Lipinski definition) is 3. The topological polar surface area (TPSA) is 30.5 Å². The van der Waals surface area contributed by atoms with E-state index in [2.05, 4.69) is 24.4 Å². The van der Waals surface area contributed by atoms with Crippen molar-refractivity contribution >= 4 is 0 Å². The average molecular weight is 235 g/mol. The number of hydrogen-bond donors (Lipinski definition) is 1. The third-order valence-corrected chi connectivity index (χ3v) is 3.17. The molecule has 1 aromatic rings. The number of ether oxygens (including phenoxy) is 2. The highest BCUT2D eigenvalue weighted by Gasteiger charge is 2.14. The van der Waals surface area contributed by atoms with Gasteiger partial charge in [-0.3, -0.25) is 0 Å². The van der Waals surface area contributed by atoms with Crippen LogP contribution in [0.3, 0.4) is 0 Å². The molecule has 2 rings (SSSR count). The highest BCUT2D eigenvalue weighted by Crippen LogP contribution is 2.20. The van der Waals surface area contributed by atoms with E-state index in [-0.39, 0.29) is 0 Å². The van der Waals surface area contributed by atoms with Crippen LogP contribution in [0.5, 0.6) is 5.75 Å². The third-order valence-electron chi connectivity index (χ3n) is 3.17. The lowest BCUT2D eigenvalue weighted by Crippen LogP contribution is -2.26. The molecule has 0 spiro atoms. The van der Waals surface area contributed by atoms with Gasteiger partial charge >= 0.3 is 0 Å². The summed E-state index contributed by atoms with van der Waals surface area (Å²) in [6.45, 7) is 4.63. The van der Waals surface area contributed by atoms with Crippen LogP contribution in [-0.2, 0) is 11.3 Å². The molecule has 0 bridgehead atoms. The number of rotatable bonds is 5. The van der Waals surface area contributed by atoms with Gasteiger partial charge in [-0.15, -0.1) is 0 Å². The fraction of sp³-hybridized carbons (Fsp3) is 0.571. The monoisotopic (exact) mass is 235 g/mol. The second-order valence-electron chi connectivity index (χ2n) is 4.62. The zero-order valence-corrected chi connectivity index (χ0v) is 10.7. The molecule has 1 aromatic carbocycles. The molecule has 0 saturated carbocycles. The van der Waals surface area contributed by atoms with Crippen molar-refractivity contribution in [3.8, 4) is 5.75 Å². The summed E-state index contributed by atoms with van der Waals surface area (Å²) < 4.78 is 11.1. The van der Waals surface area contributed by atoms with Crippen LogP contribution in [0.15, 0.2) is 18.2 Å². The summed E-state index contributed by atoms with van der Waals surface area (Å²) >= 11 is 0. The molecule has 3 nitrogen and oxygen atoms in total. The maximum Gasteiger partial charge on any atom is 0.124 e. The molecule has 1 saturated heterocycles. The van der Waals surface area contributed by atoms with Crippen LogP contribution < -0.4 is 10.1 Å². The molecule has 1 heterocycles. The Bertz CT molecular complexity index is 359. The average Bonchev–Trinajstić information content (AvgIpc) is 2.82. The van der Waals surface area contributed by atoms with E-state index in [1.54, 1.807) is 7.11 Å². The van der Waals surface area contributed by atoms with Crippen molar-refractivity contribution in [2.24, 2.45) is 0 Å². The first-order chi connectivity index (χ1) is 8.29. The number of aryl methyl sites for hydroxylation is 1. The fourth-order valence-electron chi connectivity index (χ4n) is 2.23. The number of benzene rings is 1. The fourth-order valence-corrected chi connectivity index (χ4v) is 2.23. The largest absolute Gasteiger partial charge is 0.496 e. The van der Waals surface area contributed by atoms with Gasteiger partial charge in [0.25, 0.3) is 0 Å². The summed E-state index contributed by atoms with van der Waals surface area (Å²) in [5.74, 6) is 0.912. The summed E-state index contributed by atoms with van der Waals surface area (Å²) in [6, 6.07) is 6.72. The molecule has 1 atom stereocenters. The summed E-state index contributed by atoms with van der Waals surface area (Å²) in [5.41, 5.74) is 2.37. The molecule has 0 aliphatic carbocycles. The van der Waals surface area contributed by atoms with Gasteiger partial charge in [-0.05, 0) is 32.4 Å². The maximum absolute atomic E-state index is 5.76. The minimum Gasteiger partial charge on any atom is -0.496 e. The molecule has 1 aliphatic rings. The van der Waals surface area contributed by atoms with Crippen LogP contribution in [0.1, 0.15) is 24.0 Å². The predicted octanol–water partition coefficient (Wildman–Crippen LogP) is 2.27. The first kappa shape index (κ1) is 12.4. The minimum absolute atomic E-state index is 0.533. The van der Waals surface area contributed by atoms with Gasteiger partial charge in [0.1, 0.15) is 5.75 Å². The van der Waals surface area contributed by atoms with Crippen molar-refractivity contribution < 1.29 is 9.47 Å². The van der Waals surface area contributed by atoms with Crippen LogP contribution in [-0.4, -0.2) is 26.3 Å². The lowest BCUT2D eigenvalue weighted by atomic mass is 10.1. The Morgan fingerprint density at radius 2 is 2.29 bits per heavy atom. The molecule has 94 valence electrons. The molecule has 1 fully saturated rings. The van der Waals surface area contributed by atoms with Crippen molar-refractivity contribution in [2.75, 3.05) is 20.3 Å². The van der Waals surface area contributed by atoms with E-state index in [1.165, 1.54) is 18.4 Å². The quantitative estimate of drug-likeness (QED) is 0.849. The predicted molar refractivity (Wildman–Crippen MR) is 68.4 cm³/mol. The van der Waals surface area contributed by atoms with Gasteiger partial charge in [0, 0.05) is 11.6 Å². The summed E-state index contributed by atoms with van der Waals surface area (Å²) in [6.07, 6.45) is 2.49. The Labute approximate surface area is 103 Å². The minimum atomic E-state index is 0.533. The van der Waals surface area contributed by atoms with Gasteiger partial charge in [-0.25, -0.2) is 0 Å². The summed E-state index contributed by atoms with van der Waals surface area (Å²) in [7, 11) is 1.70. The SMILES string of the molecule is COc1ccc(C)cc1COCC1CCCN1. The van der Waals surface area contributed by atoms with Crippen LogP contribution in [0.4, 0.5) is 0 Å². The van der Waals surface area contributed by atoms with Crippen molar-refractivity contribution in [2.45, 2.75) is 32.4 Å². The molecular weight excluding hydrogens is 214 g/mol. The standard InChI is InChI=1S/C14H21NO2/c1-11-5-6-14(16-2)12(8-11)9-17-10-13-4-3-7-15-13/h5-6,8,13,15H,3-4,7,9-10H2,1-2H3. The smallest absolute Gasteiger partial charge is 0.124 e. The molecule has 0 aromatic heterocycles. The summed E-state index contributed by atoms with van der Waals surface area (Å²) in [5, 5.41) is 3.43. The highest BCUT2D eigenvalue weighted by atomic mass is 16.5. The zero-order valence-electron chi connectivity index (χ0n) is 10.7. The first-order valence-electron chi connectivity index (χ1n) is 6.24. The molecule has 1 N–H and O–H groups in total. The van der Waals surface area contributed by atoms with Gasteiger partial charge in [-0.2, -0.15) is 0 Å². The molecular formula is C14H21NO2. The van der Waals surface area contributed by atoms with Crippen LogP contribution in [0.25, 0.3) is 0 Å². The Morgan fingerprint density at radius 3 is 3.00 bits per heavy atom. The van der Waals surface area contributed by atoms with E-state index in [1.807, 2.05) is 6.07 Å². The normalized spacial score (nSPS) is 19.5. The Hall–Kier alpha value is -1.06. The highest BCUT2D eigenvalue weighted by molar-refractivity contribution is 5.36. The lowest BCUT2D eigenvalue weighted by Gasteiger charge is -2.13. The van der Waals surface area contributed by atoms with Gasteiger partial charge in [0.2, 0.25) is 0 Å². The number of nitrogens with one attached hydrogen (secondary N) is 1. The molecule has 17 heavy (non-hydrogen) atoms. The van der Waals surface area contributed by atoms with Crippen molar-refractivity contribution in [3.63, 3.8) is 0 Å². The maximum atomic E-state index is 5.76. The van der Waals surface area contributed by atoms with Gasteiger partial charge in [0.05, 0.1) is 20.3 Å².